The maximum atomic E-state index is 12.5. The molecule has 20 heavy (non-hydrogen) atoms. The smallest absolute Gasteiger partial charge is 0.255 e. The lowest BCUT2D eigenvalue weighted by atomic mass is 9.82. The zero-order valence-corrected chi connectivity index (χ0v) is 14.4. The van der Waals surface area contributed by atoms with Crippen molar-refractivity contribution >= 4 is 39.9 Å². The molecule has 2 N–H and O–H groups in total. The molecule has 0 saturated carbocycles. The van der Waals surface area contributed by atoms with Crippen LogP contribution in [-0.4, -0.2) is 23.9 Å². The third-order valence-electron chi connectivity index (χ3n) is 4.47. The second kappa shape index (κ2) is 6.81. The molecule has 1 aromatic carbocycles. The normalized spacial score (nSPS) is 16.9. The molecule has 112 valence electrons. The minimum Gasteiger partial charge on any atom is -0.398 e. The van der Waals surface area contributed by atoms with Crippen molar-refractivity contribution in [3.63, 3.8) is 0 Å². The number of amides is 1. The highest BCUT2D eigenvalue weighted by Crippen LogP contribution is 2.37. The van der Waals surface area contributed by atoms with Crippen molar-refractivity contribution in [2.75, 3.05) is 18.8 Å². The number of carbonyl (C=O) groups is 1. The van der Waals surface area contributed by atoms with E-state index in [0.717, 1.165) is 36.8 Å². The molecule has 1 aliphatic rings. The maximum absolute atomic E-state index is 12.5. The number of benzene rings is 1. The first-order chi connectivity index (χ1) is 9.01. The molecule has 0 bridgehead atoms. The third-order valence-corrected chi connectivity index (χ3v) is 4.96. The van der Waals surface area contributed by atoms with Gasteiger partial charge in [-0.2, -0.15) is 0 Å². The average Bonchev–Trinajstić information content (AvgIpc) is 2.83. The van der Waals surface area contributed by atoms with Gasteiger partial charge in [0.25, 0.3) is 5.91 Å². The van der Waals surface area contributed by atoms with Crippen molar-refractivity contribution in [3.8, 4) is 0 Å². The van der Waals surface area contributed by atoms with E-state index in [2.05, 4.69) is 29.8 Å². The number of nitrogens with two attached hydrogens (primary N) is 1. The van der Waals surface area contributed by atoms with Crippen molar-refractivity contribution < 1.29 is 4.79 Å². The molecule has 0 unspecified atom stereocenters. The van der Waals surface area contributed by atoms with Crippen LogP contribution in [0.1, 0.15) is 43.5 Å². The fourth-order valence-electron chi connectivity index (χ4n) is 2.83. The molecule has 1 heterocycles. The summed E-state index contributed by atoms with van der Waals surface area (Å²) in [7, 11) is 0. The standard InChI is InChI=1S/C15H21BrN2O.ClH/c1-3-15(4-2)7-8-18(10-15)14(19)12-6-5-11(16)9-13(12)17;/h5-6,9H,3-4,7-8,10,17H2,1-2H3;1H. The van der Waals surface area contributed by atoms with Gasteiger partial charge in [0.15, 0.2) is 0 Å². The maximum Gasteiger partial charge on any atom is 0.255 e. The Hall–Kier alpha value is -0.740. The van der Waals surface area contributed by atoms with E-state index < -0.39 is 0 Å². The predicted octanol–water partition coefficient (Wildman–Crippen LogP) is 4.11. The van der Waals surface area contributed by atoms with Gasteiger partial charge >= 0.3 is 0 Å². The second-order valence-electron chi connectivity index (χ2n) is 5.42. The number of hydrogen-bond acceptors (Lipinski definition) is 2. The Morgan fingerprint density at radius 3 is 2.55 bits per heavy atom. The Morgan fingerprint density at radius 2 is 2.05 bits per heavy atom. The van der Waals surface area contributed by atoms with E-state index in [1.165, 1.54) is 0 Å². The summed E-state index contributed by atoms with van der Waals surface area (Å²) in [5.41, 5.74) is 7.41. The summed E-state index contributed by atoms with van der Waals surface area (Å²) < 4.78 is 0.902. The van der Waals surface area contributed by atoms with E-state index in [1.807, 2.05) is 11.0 Å². The van der Waals surface area contributed by atoms with Gasteiger partial charge in [0.2, 0.25) is 0 Å². The highest BCUT2D eigenvalue weighted by Gasteiger charge is 2.37. The minimum absolute atomic E-state index is 0. The molecule has 0 radical (unpaired) electrons. The van der Waals surface area contributed by atoms with Gasteiger partial charge in [-0.15, -0.1) is 12.4 Å². The second-order valence-corrected chi connectivity index (χ2v) is 6.33. The van der Waals surface area contributed by atoms with Crippen LogP contribution < -0.4 is 5.73 Å². The molecule has 3 nitrogen and oxygen atoms in total. The number of hydrogen-bond donors (Lipinski definition) is 1. The van der Waals surface area contributed by atoms with Crippen molar-refractivity contribution in [2.24, 2.45) is 5.41 Å². The lowest BCUT2D eigenvalue weighted by Crippen LogP contribution is -2.32. The fourth-order valence-corrected chi connectivity index (χ4v) is 3.21. The molecule has 1 aromatic rings. The first-order valence-corrected chi connectivity index (χ1v) is 7.65. The monoisotopic (exact) mass is 360 g/mol. The summed E-state index contributed by atoms with van der Waals surface area (Å²) in [6.07, 6.45) is 3.36. The quantitative estimate of drug-likeness (QED) is 0.824. The number of halogens is 2. The van der Waals surface area contributed by atoms with Crippen LogP contribution in [0.15, 0.2) is 22.7 Å². The third kappa shape index (κ3) is 3.29. The van der Waals surface area contributed by atoms with Crippen molar-refractivity contribution in [1.82, 2.24) is 4.90 Å². The molecule has 1 aliphatic heterocycles. The van der Waals surface area contributed by atoms with Crippen LogP contribution in [0.3, 0.4) is 0 Å². The Bertz CT molecular complexity index is 489. The number of nitrogens with zero attached hydrogens (tertiary/aromatic N) is 1. The van der Waals surface area contributed by atoms with E-state index in [4.69, 9.17) is 5.73 Å². The number of nitrogen functional groups attached to an aromatic ring is 1. The van der Waals surface area contributed by atoms with E-state index >= 15 is 0 Å². The molecule has 1 saturated heterocycles. The van der Waals surface area contributed by atoms with Crippen LogP contribution in [0.5, 0.6) is 0 Å². The van der Waals surface area contributed by atoms with Crippen LogP contribution in [0.4, 0.5) is 5.69 Å². The van der Waals surface area contributed by atoms with Crippen molar-refractivity contribution in [3.05, 3.63) is 28.2 Å². The highest BCUT2D eigenvalue weighted by molar-refractivity contribution is 9.10. The Morgan fingerprint density at radius 1 is 1.40 bits per heavy atom. The Labute approximate surface area is 135 Å². The van der Waals surface area contributed by atoms with Crippen molar-refractivity contribution in [1.29, 1.82) is 0 Å². The lowest BCUT2D eigenvalue weighted by Gasteiger charge is -2.26. The number of carbonyl (C=O) groups excluding carboxylic acids is 1. The summed E-state index contributed by atoms with van der Waals surface area (Å²) in [5, 5.41) is 0. The molecule has 2 rings (SSSR count). The molecular weight excluding hydrogens is 340 g/mol. The summed E-state index contributed by atoms with van der Waals surface area (Å²) in [6.45, 7) is 6.13. The van der Waals surface area contributed by atoms with Crippen LogP contribution in [-0.2, 0) is 0 Å². The van der Waals surface area contributed by atoms with Gasteiger partial charge in [-0.25, -0.2) is 0 Å². The van der Waals surface area contributed by atoms with E-state index in [9.17, 15) is 4.79 Å². The number of likely N-dealkylation sites (tertiary alicyclic amines) is 1. The summed E-state index contributed by atoms with van der Waals surface area (Å²) in [6, 6.07) is 5.46. The van der Waals surface area contributed by atoms with Gasteiger partial charge in [0.1, 0.15) is 0 Å². The van der Waals surface area contributed by atoms with Gasteiger partial charge in [-0.1, -0.05) is 29.8 Å². The molecule has 1 fully saturated rings. The zero-order valence-electron chi connectivity index (χ0n) is 12.0. The molecule has 0 spiro atoms. The lowest BCUT2D eigenvalue weighted by molar-refractivity contribution is 0.0771. The predicted molar refractivity (Wildman–Crippen MR) is 89.3 cm³/mol. The molecule has 0 aromatic heterocycles. The molecule has 1 amide bonds. The SMILES string of the molecule is CCC1(CC)CCN(C(=O)c2ccc(Br)cc2N)C1.Cl. The van der Waals surface area contributed by atoms with E-state index in [0.29, 0.717) is 16.7 Å². The Balaban J connectivity index is 0.00000200. The molecular formula is C15H22BrClN2O. The summed E-state index contributed by atoms with van der Waals surface area (Å²) in [4.78, 5) is 14.5. The Kier molecular flexibility index (Phi) is 5.90. The van der Waals surface area contributed by atoms with Crippen LogP contribution >= 0.6 is 28.3 Å². The molecule has 5 heteroatoms. The fraction of sp³-hybridized carbons (Fsp3) is 0.533. The average molecular weight is 362 g/mol. The van der Waals surface area contributed by atoms with E-state index in [1.54, 1.807) is 12.1 Å². The van der Waals surface area contributed by atoms with Gasteiger partial charge in [-0.05, 0) is 42.9 Å². The molecule has 0 aliphatic carbocycles. The van der Waals surface area contributed by atoms with Crippen LogP contribution in [0.25, 0.3) is 0 Å². The number of rotatable bonds is 3. The first kappa shape index (κ1) is 17.3. The number of anilines is 1. The van der Waals surface area contributed by atoms with Crippen LogP contribution in [0, 0.1) is 5.41 Å². The topological polar surface area (TPSA) is 46.3 Å². The van der Waals surface area contributed by atoms with Crippen LogP contribution in [0.2, 0.25) is 0 Å². The van der Waals surface area contributed by atoms with Crippen molar-refractivity contribution in [2.45, 2.75) is 33.1 Å². The highest BCUT2D eigenvalue weighted by atomic mass is 79.9. The van der Waals surface area contributed by atoms with Gasteiger partial charge in [0, 0.05) is 23.2 Å². The summed E-state index contributed by atoms with van der Waals surface area (Å²) in [5.74, 6) is 0.0637. The molecule has 0 atom stereocenters. The van der Waals surface area contributed by atoms with Gasteiger partial charge in [-0.3, -0.25) is 4.79 Å². The first-order valence-electron chi connectivity index (χ1n) is 6.85. The summed E-state index contributed by atoms with van der Waals surface area (Å²) >= 11 is 3.36. The van der Waals surface area contributed by atoms with Gasteiger partial charge in [0.05, 0.1) is 5.56 Å². The minimum atomic E-state index is 0. The zero-order chi connectivity index (χ0) is 14.0. The van der Waals surface area contributed by atoms with E-state index in [-0.39, 0.29) is 18.3 Å². The largest absolute Gasteiger partial charge is 0.398 e. The van der Waals surface area contributed by atoms with Gasteiger partial charge < -0.3 is 10.6 Å².